The lowest BCUT2D eigenvalue weighted by Gasteiger charge is -2.03. The van der Waals surface area contributed by atoms with E-state index in [2.05, 4.69) is 28.3 Å². The lowest BCUT2D eigenvalue weighted by molar-refractivity contribution is 1.25. The number of hydrogen-bond donors (Lipinski definition) is 0. The second-order valence-electron chi connectivity index (χ2n) is 2.09. The summed E-state index contributed by atoms with van der Waals surface area (Å²) < 4.78 is 1.11. The fourth-order valence-electron chi connectivity index (χ4n) is 0.829. The first-order chi connectivity index (χ1) is 5.27. The summed E-state index contributed by atoms with van der Waals surface area (Å²) in [6.07, 6.45) is 2.05. The maximum Gasteiger partial charge on any atom is 0.0485 e. The molecule has 0 amide bonds. The highest BCUT2D eigenvalue weighted by Gasteiger charge is 1.99. The summed E-state index contributed by atoms with van der Waals surface area (Å²) in [5, 5.41) is 0. The van der Waals surface area contributed by atoms with Crippen molar-refractivity contribution in [3.63, 3.8) is 0 Å². The summed E-state index contributed by atoms with van der Waals surface area (Å²) in [4.78, 5) is 1.24. The van der Waals surface area contributed by atoms with Gasteiger partial charge in [0.1, 0.15) is 0 Å². The number of benzene rings is 1. The minimum atomic E-state index is 0.587. The van der Waals surface area contributed by atoms with Crippen LogP contribution < -0.4 is 0 Å². The van der Waals surface area contributed by atoms with Crippen molar-refractivity contribution in [2.75, 3.05) is 6.26 Å². The molecule has 0 aliphatic carbocycles. The smallest absolute Gasteiger partial charge is 0.0485 e. The van der Waals surface area contributed by atoms with Crippen LogP contribution in [0.4, 0.5) is 0 Å². The van der Waals surface area contributed by atoms with Gasteiger partial charge in [0.25, 0.3) is 0 Å². The average Bonchev–Trinajstić information content (AvgIpc) is 2.04. The first-order valence-electron chi connectivity index (χ1n) is 3.16. The van der Waals surface area contributed by atoms with Crippen molar-refractivity contribution in [2.24, 2.45) is 0 Å². The highest BCUT2D eigenvalue weighted by Crippen LogP contribution is 2.25. The Bertz CT molecular complexity index is 250. The van der Waals surface area contributed by atoms with Crippen molar-refractivity contribution in [3.05, 3.63) is 28.2 Å². The molecule has 0 bridgehead atoms. The van der Waals surface area contributed by atoms with Crippen LogP contribution in [0, 0.1) is 0 Å². The lowest BCUT2D eigenvalue weighted by Crippen LogP contribution is -1.81. The number of hydrogen-bond acceptors (Lipinski definition) is 1. The van der Waals surface area contributed by atoms with Gasteiger partial charge >= 0.3 is 0 Å². The summed E-state index contributed by atoms with van der Waals surface area (Å²) in [6, 6.07) is 6.14. The van der Waals surface area contributed by atoms with Crippen molar-refractivity contribution in [2.45, 2.75) is 10.8 Å². The van der Waals surface area contributed by atoms with Crippen LogP contribution in [0.25, 0.3) is 0 Å². The second kappa shape index (κ2) is 4.39. The number of alkyl halides is 1. The van der Waals surface area contributed by atoms with Crippen molar-refractivity contribution < 1.29 is 0 Å². The SMILES string of the molecule is CSc1cc(Br)ccc1CCl. The van der Waals surface area contributed by atoms with E-state index < -0.39 is 0 Å². The Labute approximate surface area is 84.5 Å². The fraction of sp³-hybridized carbons (Fsp3) is 0.250. The Morgan fingerprint density at radius 2 is 2.27 bits per heavy atom. The summed E-state index contributed by atoms with van der Waals surface area (Å²) in [5.41, 5.74) is 1.20. The van der Waals surface area contributed by atoms with E-state index in [0.29, 0.717) is 5.88 Å². The van der Waals surface area contributed by atoms with Crippen LogP contribution >= 0.6 is 39.3 Å². The van der Waals surface area contributed by atoms with Gasteiger partial charge in [0.15, 0.2) is 0 Å². The molecular weight excluding hydrogens is 244 g/mol. The fourth-order valence-corrected chi connectivity index (χ4v) is 2.30. The molecule has 0 N–H and O–H groups in total. The van der Waals surface area contributed by atoms with Gasteiger partial charge < -0.3 is 0 Å². The Hall–Kier alpha value is 0.340. The molecule has 1 aromatic rings. The minimum Gasteiger partial charge on any atom is -0.129 e. The molecule has 0 saturated carbocycles. The highest BCUT2D eigenvalue weighted by molar-refractivity contribution is 9.10. The monoisotopic (exact) mass is 250 g/mol. The summed E-state index contributed by atoms with van der Waals surface area (Å²) in [7, 11) is 0. The van der Waals surface area contributed by atoms with Crippen LogP contribution in [-0.4, -0.2) is 6.26 Å². The summed E-state index contributed by atoms with van der Waals surface area (Å²) in [6.45, 7) is 0. The molecule has 0 nitrogen and oxygen atoms in total. The topological polar surface area (TPSA) is 0 Å². The quantitative estimate of drug-likeness (QED) is 0.567. The van der Waals surface area contributed by atoms with Crippen LogP contribution in [0.5, 0.6) is 0 Å². The third kappa shape index (κ3) is 2.39. The molecule has 0 saturated heterocycles. The van der Waals surface area contributed by atoms with E-state index in [-0.39, 0.29) is 0 Å². The molecule has 0 aromatic heterocycles. The lowest BCUT2D eigenvalue weighted by atomic mass is 10.2. The van der Waals surface area contributed by atoms with E-state index in [9.17, 15) is 0 Å². The summed E-state index contributed by atoms with van der Waals surface area (Å²) in [5.74, 6) is 0.587. The standard InChI is InChI=1S/C8H8BrClS/c1-11-8-4-7(9)3-2-6(8)5-10/h2-4H,5H2,1H3. The van der Waals surface area contributed by atoms with Gasteiger partial charge in [-0.25, -0.2) is 0 Å². The summed E-state index contributed by atoms with van der Waals surface area (Å²) >= 11 is 10.9. The molecule has 0 radical (unpaired) electrons. The average molecular weight is 252 g/mol. The maximum absolute atomic E-state index is 5.73. The molecule has 1 aromatic carbocycles. The minimum absolute atomic E-state index is 0.587. The van der Waals surface area contributed by atoms with Crippen LogP contribution in [0.2, 0.25) is 0 Å². The molecule has 0 atom stereocenters. The third-order valence-corrected chi connectivity index (χ3v) is 2.99. The van der Waals surface area contributed by atoms with Crippen molar-refractivity contribution in [1.82, 2.24) is 0 Å². The van der Waals surface area contributed by atoms with Crippen molar-refractivity contribution in [3.8, 4) is 0 Å². The van der Waals surface area contributed by atoms with Crippen LogP contribution in [0.3, 0.4) is 0 Å². The van der Waals surface area contributed by atoms with Gasteiger partial charge in [0.05, 0.1) is 0 Å². The molecule has 0 heterocycles. The van der Waals surface area contributed by atoms with Crippen molar-refractivity contribution in [1.29, 1.82) is 0 Å². The number of rotatable bonds is 2. The van der Waals surface area contributed by atoms with Gasteiger partial charge in [-0.15, -0.1) is 23.4 Å². The van der Waals surface area contributed by atoms with Gasteiger partial charge in [-0.3, -0.25) is 0 Å². The molecular formula is C8H8BrClS. The van der Waals surface area contributed by atoms with Gasteiger partial charge in [-0.1, -0.05) is 22.0 Å². The van der Waals surface area contributed by atoms with Gasteiger partial charge in [-0.05, 0) is 24.0 Å². The normalized spacial score (nSPS) is 10.1. The molecule has 0 unspecified atom stereocenters. The molecule has 60 valence electrons. The molecule has 0 aliphatic heterocycles. The van der Waals surface area contributed by atoms with Gasteiger partial charge in [-0.2, -0.15) is 0 Å². The van der Waals surface area contributed by atoms with E-state index in [4.69, 9.17) is 11.6 Å². The first kappa shape index (κ1) is 9.43. The molecule has 11 heavy (non-hydrogen) atoms. The Morgan fingerprint density at radius 3 is 2.82 bits per heavy atom. The van der Waals surface area contributed by atoms with E-state index in [1.165, 1.54) is 10.5 Å². The Kier molecular flexibility index (Phi) is 3.76. The largest absolute Gasteiger partial charge is 0.129 e. The van der Waals surface area contributed by atoms with E-state index >= 15 is 0 Å². The zero-order valence-corrected chi connectivity index (χ0v) is 9.26. The number of halogens is 2. The molecule has 1 rings (SSSR count). The highest BCUT2D eigenvalue weighted by atomic mass is 79.9. The molecule has 3 heteroatoms. The third-order valence-electron chi connectivity index (χ3n) is 1.39. The van der Waals surface area contributed by atoms with Gasteiger partial charge in [0.2, 0.25) is 0 Å². The maximum atomic E-state index is 5.73. The second-order valence-corrected chi connectivity index (χ2v) is 4.12. The van der Waals surface area contributed by atoms with Crippen molar-refractivity contribution >= 4 is 39.3 Å². The van der Waals surface area contributed by atoms with Gasteiger partial charge in [0, 0.05) is 15.2 Å². The Balaban J connectivity index is 3.06. The van der Waals surface area contributed by atoms with E-state index in [1.807, 2.05) is 12.1 Å². The Morgan fingerprint density at radius 1 is 1.55 bits per heavy atom. The first-order valence-corrected chi connectivity index (χ1v) is 5.71. The van der Waals surface area contributed by atoms with Crippen LogP contribution in [-0.2, 0) is 5.88 Å². The molecule has 0 spiro atoms. The van der Waals surface area contributed by atoms with Crippen LogP contribution in [0.1, 0.15) is 5.56 Å². The van der Waals surface area contributed by atoms with Crippen LogP contribution in [0.15, 0.2) is 27.6 Å². The predicted octanol–water partition coefficient (Wildman–Crippen LogP) is 3.91. The zero-order chi connectivity index (χ0) is 8.27. The molecule has 0 fully saturated rings. The zero-order valence-electron chi connectivity index (χ0n) is 6.10. The van der Waals surface area contributed by atoms with E-state index in [1.54, 1.807) is 11.8 Å². The molecule has 0 aliphatic rings. The predicted molar refractivity (Wildman–Crippen MR) is 55.5 cm³/mol. The number of thioether (sulfide) groups is 1. The van der Waals surface area contributed by atoms with E-state index in [0.717, 1.165) is 4.47 Å².